The molecule has 4 nitrogen and oxygen atoms in total. The Bertz CT molecular complexity index is 257. The van der Waals surface area contributed by atoms with Crippen molar-refractivity contribution in [3.05, 3.63) is 0 Å². The molecule has 17 heavy (non-hydrogen) atoms. The third-order valence-corrected chi connectivity index (χ3v) is 2.10. The fourth-order valence-corrected chi connectivity index (χ4v) is 1.11. The highest BCUT2D eigenvalue weighted by atomic mass is 35.6. The molecule has 0 aliphatic heterocycles. The zero-order chi connectivity index (χ0) is 13.7. The number of halogens is 6. The van der Waals surface area contributed by atoms with Crippen LogP contribution in [0.5, 0.6) is 0 Å². The van der Waals surface area contributed by atoms with Crippen molar-refractivity contribution in [2.45, 2.75) is 7.59 Å². The number of alkyl halides is 6. The van der Waals surface area contributed by atoms with Crippen LogP contribution in [0.4, 0.5) is 9.59 Å². The fraction of sp³-hybridized carbons (Fsp3) is 0.667. The Morgan fingerprint density at radius 1 is 0.824 bits per heavy atom. The Labute approximate surface area is 131 Å². The quantitative estimate of drug-likeness (QED) is 0.508. The topological polar surface area (TPSA) is 52.6 Å². The van der Waals surface area contributed by atoms with Gasteiger partial charge in [0.25, 0.3) is 0 Å². The molecule has 0 aromatic carbocycles. The van der Waals surface area contributed by atoms with Crippen molar-refractivity contribution in [1.82, 2.24) is 0 Å². The molecule has 0 aliphatic carbocycles. The van der Waals surface area contributed by atoms with E-state index in [2.05, 4.69) is 9.47 Å². The molecule has 11 heteroatoms. The van der Waals surface area contributed by atoms with E-state index in [0.717, 1.165) is 0 Å². The summed E-state index contributed by atoms with van der Waals surface area (Å²) in [6, 6.07) is 0. The van der Waals surface area contributed by atoms with Gasteiger partial charge >= 0.3 is 10.6 Å². The lowest BCUT2D eigenvalue weighted by Crippen LogP contribution is -2.18. The van der Waals surface area contributed by atoms with Gasteiger partial charge in [-0.1, -0.05) is 69.6 Å². The first-order valence-corrected chi connectivity index (χ1v) is 6.73. The highest BCUT2D eigenvalue weighted by molar-refractivity contribution is 8.25. The van der Waals surface area contributed by atoms with Gasteiger partial charge in [0.15, 0.2) is 0 Å². The normalized spacial score (nSPS) is 12.1. The molecule has 0 unspecified atom stereocenters. The van der Waals surface area contributed by atoms with E-state index >= 15 is 0 Å². The van der Waals surface area contributed by atoms with Crippen LogP contribution in [-0.2, 0) is 9.47 Å². The van der Waals surface area contributed by atoms with E-state index in [4.69, 9.17) is 69.6 Å². The van der Waals surface area contributed by atoms with Gasteiger partial charge in [-0.15, -0.1) is 0 Å². The second kappa shape index (κ2) is 7.58. The molecule has 0 amide bonds. The summed E-state index contributed by atoms with van der Waals surface area (Å²) in [4.78, 5) is 22.0. The number of thioether (sulfide) groups is 1. The molecule has 0 aromatic rings. The first kappa shape index (κ1) is 18.0. The highest BCUT2D eigenvalue weighted by Crippen LogP contribution is 2.28. The molecule has 0 aromatic heterocycles. The standard InChI is InChI=1S/C6H4Cl6O4S/c7-5(8,9)1-15-3(13)17-4(14)16-2-6(10,11)12/h1-2H2. The van der Waals surface area contributed by atoms with Crippen molar-refractivity contribution in [3.63, 3.8) is 0 Å². The van der Waals surface area contributed by atoms with Gasteiger partial charge < -0.3 is 9.47 Å². The Morgan fingerprint density at radius 3 is 1.35 bits per heavy atom. The van der Waals surface area contributed by atoms with Gasteiger partial charge in [-0.05, 0) is 0 Å². The minimum absolute atomic E-state index is 0.107. The van der Waals surface area contributed by atoms with Crippen LogP contribution in [0.2, 0.25) is 0 Å². The summed E-state index contributed by atoms with van der Waals surface area (Å²) in [5.74, 6) is 0. The first-order valence-electron chi connectivity index (χ1n) is 3.64. The molecule has 0 fully saturated rings. The monoisotopic (exact) mass is 382 g/mol. The number of ether oxygens (including phenoxy) is 2. The summed E-state index contributed by atoms with van der Waals surface area (Å²) >= 11 is 32.0. The van der Waals surface area contributed by atoms with Crippen LogP contribution in [0.1, 0.15) is 0 Å². The summed E-state index contributed by atoms with van der Waals surface area (Å²) in [7, 11) is 0. The van der Waals surface area contributed by atoms with Gasteiger partial charge in [-0.25, -0.2) is 9.59 Å². The Balaban J connectivity index is 3.86. The van der Waals surface area contributed by atoms with Crippen LogP contribution in [0.25, 0.3) is 0 Å². The van der Waals surface area contributed by atoms with E-state index in [-0.39, 0.29) is 11.8 Å². The SMILES string of the molecule is O=C(OCC(Cl)(Cl)Cl)SC(=O)OCC(Cl)(Cl)Cl. The largest absolute Gasteiger partial charge is 0.453 e. The predicted molar refractivity (Wildman–Crippen MR) is 70.9 cm³/mol. The van der Waals surface area contributed by atoms with E-state index < -0.39 is 31.4 Å². The third-order valence-electron chi connectivity index (χ3n) is 0.874. The van der Waals surface area contributed by atoms with Gasteiger partial charge in [0.2, 0.25) is 7.59 Å². The van der Waals surface area contributed by atoms with Gasteiger partial charge in [-0.3, -0.25) is 0 Å². The summed E-state index contributed by atoms with van der Waals surface area (Å²) < 4.78 is 5.37. The van der Waals surface area contributed by atoms with Crippen LogP contribution in [-0.4, -0.2) is 31.4 Å². The minimum Gasteiger partial charge on any atom is -0.453 e. The maximum absolute atomic E-state index is 11.0. The maximum Gasteiger partial charge on any atom is 0.378 e. The van der Waals surface area contributed by atoms with Crippen LogP contribution >= 0.6 is 81.4 Å². The molecule has 0 saturated heterocycles. The highest BCUT2D eigenvalue weighted by Gasteiger charge is 2.26. The van der Waals surface area contributed by atoms with Gasteiger partial charge in [-0.2, -0.15) is 0 Å². The molecule has 100 valence electrons. The predicted octanol–water partition coefficient (Wildman–Crippen LogP) is 4.73. The zero-order valence-electron chi connectivity index (χ0n) is 7.72. The van der Waals surface area contributed by atoms with Crippen molar-refractivity contribution in [2.24, 2.45) is 0 Å². The number of rotatable bonds is 2. The van der Waals surface area contributed by atoms with E-state index in [1.807, 2.05) is 0 Å². The molecular formula is C6H4Cl6O4S. The number of hydrogen-bond acceptors (Lipinski definition) is 5. The van der Waals surface area contributed by atoms with E-state index in [1.165, 1.54) is 0 Å². The second-order valence-electron chi connectivity index (χ2n) is 2.41. The average Bonchev–Trinajstić information content (AvgIpc) is 2.09. The molecule has 0 radical (unpaired) electrons. The number of carbonyl (C=O) groups is 2. The van der Waals surface area contributed by atoms with Gasteiger partial charge in [0.05, 0.1) is 11.8 Å². The van der Waals surface area contributed by atoms with Crippen molar-refractivity contribution in [3.8, 4) is 0 Å². The van der Waals surface area contributed by atoms with Crippen molar-refractivity contribution in [2.75, 3.05) is 13.2 Å². The lowest BCUT2D eigenvalue weighted by atomic mass is 10.8. The Hall–Kier alpha value is 1.03. The van der Waals surface area contributed by atoms with E-state index in [9.17, 15) is 9.59 Å². The Kier molecular flexibility index (Phi) is 8.04. The van der Waals surface area contributed by atoms with Gasteiger partial charge in [0, 0.05) is 0 Å². The summed E-state index contributed by atoms with van der Waals surface area (Å²) in [5.41, 5.74) is 0. The number of hydrogen-bond donors (Lipinski definition) is 0. The van der Waals surface area contributed by atoms with E-state index in [1.54, 1.807) is 0 Å². The van der Waals surface area contributed by atoms with Gasteiger partial charge in [0.1, 0.15) is 13.2 Å². The first-order chi connectivity index (χ1) is 7.49. The smallest absolute Gasteiger partial charge is 0.378 e. The molecule has 0 rings (SSSR count). The molecule has 0 bridgehead atoms. The second-order valence-corrected chi connectivity index (χ2v) is 8.31. The maximum atomic E-state index is 11.0. The van der Waals surface area contributed by atoms with Crippen LogP contribution in [0.3, 0.4) is 0 Å². The minimum atomic E-state index is -1.75. The Morgan fingerprint density at radius 2 is 1.12 bits per heavy atom. The summed E-state index contributed by atoms with van der Waals surface area (Å²) in [6.45, 7) is -0.998. The summed E-state index contributed by atoms with van der Waals surface area (Å²) in [6.07, 6.45) is 0. The van der Waals surface area contributed by atoms with Crippen molar-refractivity contribution in [1.29, 1.82) is 0 Å². The van der Waals surface area contributed by atoms with Crippen molar-refractivity contribution >= 4 is 92.0 Å². The molecule has 0 spiro atoms. The van der Waals surface area contributed by atoms with E-state index in [0.29, 0.717) is 0 Å². The average molecular weight is 385 g/mol. The molecular weight excluding hydrogens is 381 g/mol. The molecule has 0 heterocycles. The molecule has 0 aliphatic rings. The lowest BCUT2D eigenvalue weighted by molar-refractivity contribution is 0.171. The van der Waals surface area contributed by atoms with Crippen LogP contribution in [0, 0.1) is 0 Å². The zero-order valence-corrected chi connectivity index (χ0v) is 13.1. The third kappa shape index (κ3) is 13.3. The van der Waals surface area contributed by atoms with Crippen LogP contribution in [0.15, 0.2) is 0 Å². The van der Waals surface area contributed by atoms with Crippen molar-refractivity contribution < 1.29 is 19.1 Å². The summed E-state index contributed by atoms with van der Waals surface area (Å²) in [5, 5.41) is -1.99. The number of carbonyl (C=O) groups excluding carboxylic acids is 2. The fourth-order valence-electron chi connectivity index (χ4n) is 0.408. The molecule has 0 saturated carbocycles. The van der Waals surface area contributed by atoms with Crippen LogP contribution < -0.4 is 0 Å². The lowest BCUT2D eigenvalue weighted by Gasteiger charge is -2.12. The molecule has 0 N–H and O–H groups in total. The molecule has 0 atom stereocenters.